The predicted octanol–water partition coefficient (Wildman–Crippen LogP) is 1.45. The van der Waals surface area contributed by atoms with Gasteiger partial charge in [0.1, 0.15) is 9.84 Å². The molecule has 0 saturated heterocycles. The maximum absolute atomic E-state index is 11.4. The van der Waals surface area contributed by atoms with Crippen LogP contribution in [0.5, 0.6) is 0 Å². The Morgan fingerprint density at radius 3 is 2.47 bits per heavy atom. The third-order valence-corrected chi connectivity index (χ3v) is 5.57. The van der Waals surface area contributed by atoms with Gasteiger partial charge >= 0.3 is 0 Å². The van der Waals surface area contributed by atoms with Gasteiger partial charge in [0.15, 0.2) is 0 Å². The second-order valence-electron chi connectivity index (χ2n) is 4.62. The van der Waals surface area contributed by atoms with E-state index in [0.717, 1.165) is 6.42 Å². The molecule has 0 aromatic carbocycles. The van der Waals surface area contributed by atoms with Gasteiger partial charge in [0.2, 0.25) is 0 Å². The first-order valence-corrected chi connectivity index (χ1v) is 7.70. The molecule has 0 spiro atoms. The van der Waals surface area contributed by atoms with E-state index in [1.165, 1.54) is 12.8 Å². The van der Waals surface area contributed by atoms with Gasteiger partial charge < -0.3 is 5.32 Å². The first kappa shape index (κ1) is 13.0. The second-order valence-corrected chi connectivity index (χ2v) is 7.09. The lowest BCUT2D eigenvalue weighted by Gasteiger charge is -2.20. The van der Waals surface area contributed by atoms with E-state index in [0.29, 0.717) is 23.6 Å². The molecule has 0 aliphatic heterocycles. The molecule has 0 aromatic rings. The summed E-state index contributed by atoms with van der Waals surface area (Å²) in [4.78, 5) is 0. The van der Waals surface area contributed by atoms with Crippen molar-refractivity contribution in [2.45, 2.75) is 39.2 Å². The Morgan fingerprint density at radius 2 is 2.00 bits per heavy atom. The van der Waals surface area contributed by atoms with Crippen LogP contribution in [-0.2, 0) is 9.84 Å². The molecule has 90 valence electrons. The van der Waals surface area contributed by atoms with E-state index in [-0.39, 0.29) is 5.75 Å². The van der Waals surface area contributed by atoms with Crippen LogP contribution in [0, 0.1) is 11.8 Å². The summed E-state index contributed by atoms with van der Waals surface area (Å²) < 4.78 is 22.8. The van der Waals surface area contributed by atoms with E-state index in [1.54, 1.807) is 6.92 Å². The number of hydrogen-bond acceptors (Lipinski definition) is 3. The molecule has 1 N–H and O–H groups in total. The van der Waals surface area contributed by atoms with Crippen molar-refractivity contribution in [1.29, 1.82) is 0 Å². The van der Waals surface area contributed by atoms with Crippen molar-refractivity contribution >= 4 is 9.84 Å². The van der Waals surface area contributed by atoms with E-state index in [1.807, 2.05) is 7.05 Å². The lowest BCUT2D eigenvalue weighted by Crippen LogP contribution is -2.29. The fourth-order valence-corrected chi connectivity index (χ4v) is 3.49. The van der Waals surface area contributed by atoms with Gasteiger partial charge in [-0.3, -0.25) is 0 Å². The SMILES string of the molecule is CCS(=O)(=O)CCC1CCC(NC)C1C. The number of sulfone groups is 1. The summed E-state index contributed by atoms with van der Waals surface area (Å²) in [6, 6.07) is 0.583. The minimum Gasteiger partial charge on any atom is -0.317 e. The van der Waals surface area contributed by atoms with Gasteiger partial charge in [-0.15, -0.1) is 0 Å². The molecule has 1 rings (SSSR count). The fourth-order valence-electron chi connectivity index (χ4n) is 2.54. The monoisotopic (exact) mass is 233 g/mol. The van der Waals surface area contributed by atoms with E-state index in [9.17, 15) is 8.42 Å². The Hall–Kier alpha value is -0.0900. The first-order valence-electron chi connectivity index (χ1n) is 5.88. The molecular weight excluding hydrogens is 210 g/mol. The molecule has 0 aromatic heterocycles. The van der Waals surface area contributed by atoms with Crippen molar-refractivity contribution in [2.75, 3.05) is 18.6 Å². The summed E-state index contributed by atoms with van der Waals surface area (Å²) in [5, 5.41) is 3.31. The highest BCUT2D eigenvalue weighted by molar-refractivity contribution is 7.91. The average Bonchev–Trinajstić information content (AvgIpc) is 2.57. The highest BCUT2D eigenvalue weighted by atomic mass is 32.2. The zero-order valence-corrected chi connectivity index (χ0v) is 10.8. The smallest absolute Gasteiger partial charge is 0.150 e. The van der Waals surface area contributed by atoms with Gasteiger partial charge in [-0.1, -0.05) is 13.8 Å². The van der Waals surface area contributed by atoms with Crippen LogP contribution in [0.4, 0.5) is 0 Å². The Balaban J connectivity index is 2.41. The van der Waals surface area contributed by atoms with Crippen LogP contribution in [0.3, 0.4) is 0 Å². The summed E-state index contributed by atoms with van der Waals surface area (Å²) in [5.74, 6) is 1.85. The van der Waals surface area contributed by atoms with Crippen molar-refractivity contribution in [3.63, 3.8) is 0 Å². The highest BCUT2D eigenvalue weighted by Gasteiger charge is 2.31. The van der Waals surface area contributed by atoms with Gasteiger partial charge in [-0.2, -0.15) is 0 Å². The quantitative estimate of drug-likeness (QED) is 0.781. The van der Waals surface area contributed by atoms with Crippen molar-refractivity contribution in [3.8, 4) is 0 Å². The molecule has 1 aliphatic rings. The van der Waals surface area contributed by atoms with E-state index >= 15 is 0 Å². The highest BCUT2D eigenvalue weighted by Crippen LogP contribution is 2.34. The molecule has 0 heterocycles. The zero-order valence-electron chi connectivity index (χ0n) is 9.99. The molecule has 0 radical (unpaired) electrons. The van der Waals surface area contributed by atoms with Gasteiger partial charge in [-0.05, 0) is 38.1 Å². The third kappa shape index (κ3) is 3.45. The van der Waals surface area contributed by atoms with Gasteiger partial charge in [0.25, 0.3) is 0 Å². The Morgan fingerprint density at radius 1 is 1.33 bits per heavy atom. The average molecular weight is 233 g/mol. The molecule has 0 bridgehead atoms. The van der Waals surface area contributed by atoms with Crippen LogP contribution in [0.15, 0.2) is 0 Å². The molecule has 1 saturated carbocycles. The minimum atomic E-state index is -2.78. The fraction of sp³-hybridized carbons (Fsp3) is 1.00. The normalized spacial score (nSPS) is 32.1. The van der Waals surface area contributed by atoms with Crippen molar-refractivity contribution in [1.82, 2.24) is 5.32 Å². The van der Waals surface area contributed by atoms with Crippen LogP contribution < -0.4 is 5.32 Å². The van der Waals surface area contributed by atoms with Gasteiger partial charge in [-0.25, -0.2) is 8.42 Å². The zero-order chi connectivity index (χ0) is 11.5. The van der Waals surface area contributed by atoms with Gasteiger partial charge in [0.05, 0.1) is 5.75 Å². The molecular formula is C11H23NO2S. The molecule has 1 aliphatic carbocycles. The molecule has 3 unspecified atom stereocenters. The molecule has 1 fully saturated rings. The standard InChI is InChI=1S/C11H23NO2S/c1-4-15(13,14)8-7-10-5-6-11(12-3)9(10)2/h9-12H,4-8H2,1-3H3. The topological polar surface area (TPSA) is 46.2 Å². The number of rotatable bonds is 5. The summed E-state index contributed by atoms with van der Waals surface area (Å²) in [6.45, 7) is 3.96. The van der Waals surface area contributed by atoms with E-state index < -0.39 is 9.84 Å². The Bertz CT molecular complexity index is 287. The van der Waals surface area contributed by atoms with E-state index in [4.69, 9.17) is 0 Å². The van der Waals surface area contributed by atoms with Crippen LogP contribution in [0.1, 0.15) is 33.1 Å². The summed E-state index contributed by atoms with van der Waals surface area (Å²) in [5.41, 5.74) is 0. The molecule has 3 atom stereocenters. The van der Waals surface area contributed by atoms with Gasteiger partial charge in [0, 0.05) is 11.8 Å². The number of nitrogens with one attached hydrogen (secondary N) is 1. The van der Waals surface area contributed by atoms with Crippen LogP contribution in [-0.4, -0.2) is 33.0 Å². The molecule has 4 heteroatoms. The Labute approximate surface area is 93.6 Å². The van der Waals surface area contributed by atoms with Crippen molar-refractivity contribution in [2.24, 2.45) is 11.8 Å². The second kappa shape index (κ2) is 5.30. The maximum atomic E-state index is 11.4. The molecule has 0 amide bonds. The van der Waals surface area contributed by atoms with Crippen molar-refractivity contribution in [3.05, 3.63) is 0 Å². The van der Waals surface area contributed by atoms with Crippen LogP contribution >= 0.6 is 0 Å². The van der Waals surface area contributed by atoms with E-state index in [2.05, 4.69) is 12.2 Å². The lowest BCUT2D eigenvalue weighted by molar-refractivity contribution is 0.358. The maximum Gasteiger partial charge on any atom is 0.150 e. The van der Waals surface area contributed by atoms with Crippen LogP contribution in [0.25, 0.3) is 0 Å². The summed E-state index contributed by atoms with van der Waals surface area (Å²) >= 11 is 0. The first-order chi connectivity index (χ1) is 7.00. The molecule has 3 nitrogen and oxygen atoms in total. The summed E-state index contributed by atoms with van der Waals surface area (Å²) in [7, 11) is -0.783. The Kier molecular flexibility index (Phi) is 4.59. The molecule has 15 heavy (non-hydrogen) atoms. The number of hydrogen-bond donors (Lipinski definition) is 1. The third-order valence-electron chi connectivity index (χ3n) is 3.84. The lowest BCUT2D eigenvalue weighted by atomic mass is 9.93. The minimum absolute atomic E-state index is 0.281. The largest absolute Gasteiger partial charge is 0.317 e. The predicted molar refractivity (Wildman–Crippen MR) is 63.7 cm³/mol. The van der Waals surface area contributed by atoms with Crippen LogP contribution in [0.2, 0.25) is 0 Å². The summed E-state index contributed by atoms with van der Waals surface area (Å²) in [6.07, 6.45) is 3.20. The van der Waals surface area contributed by atoms with Crippen molar-refractivity contribution < 1.29 is 8.42 Å².